The third-order valence-electron chi connectivity index (χ3n) is 5.39. The smallest absolute Gasteiger partial charge is 0.477 e. The lowest BCUT2D eigenvalue weighted by molar-refractivity contribution is 0.00578. The number of alkyl carbamates (subject to hydrolysis) is 1. The van der Waals surface area contributed by atoms with Crippen LogP contribution in [0.4, 0.5) is 4.79 Å². The Morgan fingerprint density at radius 2 is 1.81 bits per heavy atom. The third-order valence-corrected chi connectivity index (χ3v) is 6.32. The Bertz CT molecular complexity index is 953. The van der Waals surface area contributed by atoms with Crippen LogP contribution in [-0.2, 0) is 20.7 Å². The van der Waals surface area contributed by atoms with Crippen molar-refractivity contribution in [2.45, 2.75) is 45.5 Å². The number of thiophene rings is 1. The number of carboxylic acids is 1. The molecule has 2 heterocycles. The molecule has 1 fully saturated rings. The zero-order chi connectivity index (χ0) is 22.6. The van der Waals surface area contributed by atoms with Gasteiger partial charge in [-0.05, 0) is 55.7 Å². The van der Waals surface area contributed by atoms with E-state index in [1.165, 1.54) is 0 Å². The molecule has 1 aromatic carbocycles. The fourth-order valence-corrected chi connectivity index (χ4v) is 3.60. The van der Waals surface area contributed by atoms with E-state index in [1.54, 1.807) is 17.5 Å². The molecule has 2 N–H and O–H groups in total. The Balaban J connectivity index is 1.72. The Hall–Kier alpha value is -2.62. The predicted octanol–water partition coefficient (Wildman–Crippen LogP) is 4.39. The average molecular weight is 443 g/mol. The third kappa shape index (κ3) is 5.75. The lowest BCUT2D eigenvalue weighted by Gasteiger charge is -2.32. The molecule has 3 rings (SSSR count). The van der Waals surface area contributed by atoms with Gasteiger partial charge < -0.3 is 24.5 Å². The van der Waals surface area contributed by atoms with Crippen molar-refractivity contribution in [2.24, 2.45) is 0 Å². The van der Waals surface area contributed by atoms with Crippen LogP contribution in [0.3, 0.4) is 0 Å². The quantitative estimate of drug-likeness (QED) is 0.617. The molecule has 0 unspecified atom stereocenters. The highest BCUT2D eigenvalue weighted by molar-refractivity contribution is 7.12. The fourth-order valence-electron chi connectivity index (χ4n) is 2.90. The van der Waals surface area contributed by atoms with E-state index in [-0.39, 0.29) is 18.0 Å². The molecule has 164 valence electrons. The molecule has 0 atom stereocenters. The summed E-state index contributed by atoms with van der Waals surface area (Å²) in [5, 5.41) is 13.6. The molecular weight excluding hydrogens is 417 g/mol. The number of amides is 1. The first kappa shape index (κ1) is 23.1. The lowest BCUT2D eigenvalue weighted by atomic mass is 9.77. The fraction of sp³-hybridized carbons (Fsp3) is 0.364. The minimum absolute atomic E-state index is 0.128. The summed E-state index contributed by atoms with van der Waals surface area (Å²) in [4.78, 5) is 23.6. The number of benzene rings is 1. The number of hydrogen-bond acceptors (Lipinski definition) is 6. The molecule has 1 aromatic heterocycles. The van der Waals surface area contributed by atoms with E-state index in [0.29, 0.717) is 11.0 Å². The summed E-state index contributed by atoms with van der Waals surface area (Å²) in [6.07, 6.45) is 1.21. The molecule has 0 aliphatic carbocycles. The standard InChI is InChI=1S/C22H26BNO6S/c1-21(2)22(3,4)30-23(29-21)17(10-16-11-18(19(25)26)31-14-16)12-24-20(27)28-13-15-8-6-5-7-9-15/h5-11,14H,12-13H2,1-4H3,(H,24,27)(H,25,26). The maximum atomic E-state index is 12.2. The Labute approximate surface area is 186 Å². The van der Waals surface area contributed by atoms with Gasteiger partial charge in [-0.1, -0.05) is 36.4 Å². The van der Waals surface area contributed by atoms with Gasteiger partial charge in [-0.25, -0.2) is 9.59 Å². The summed E-state index contributed by atoms with van der Waals surface area (Å²) in [5.41, 5.74) is 1.15. The van der Waals surface area contributed by atoms with Crippen LogP contribution in [0.1, 0.15) is 48.5 Å². The van der Waals surface area contributed by atoms with Crippen LogP contribution in [-0.4, -0.2) is 42.0 Å². The monoisotopic (exact) mass is 443 g/mol. The van der Waals surface area contributed by atoms with Gasteiger partial charge in [-0.3, -0.25) is 0 Å². The number of hydrogen-bond donors (Lipinski definition) is 2. The number of carbonyl (C=O) groups is 2. The van der Waals surface area contributed by atoms with E-state index in [0.717, 1.165) is 16.9 Å². The van der Waals surface area contributed by atoms with Crippen LogP contribution < -0.4 is 5.32 Å². The molecule has 0 spiro atoms. The van der Waals surface area contributed by atoms with Gasteiger partial charge in [-0.15, -0.1) is 11.3 Å². The highest BCUT2D eigenvalue weighted by Gasteiger charge is 2.52. The summed E-state index contributed by atoms with van der Waals surface area (Å²) in [5.74, 6) is -0.982. The SMILES string of the molecule is CC1(C)OB(C(=Cc2csc(C(=O)O)c2)CNC(=O)OCc2ccccc2)OC1(C)C. The van der Waals surface area contributed by atoms with Gasteiger partial charge in [0.1, 0.15) is 11.5 Å². The van der Waals surface area contributed by atoms with Crippen LogP contribution in [0.5, 0.6) is 0 Å². The van der Waals surface area contributed by atoms with E-state index in [2.05, 4.69) is 5.32 Å². The second-order valence-corrected chi connectivity index (χ2v) is 9.18. The van der Waals surface area contributed by atoms with Crippen LogP contribution >= 0.6 is 11.3 Å². The highest BCUT2D eigenvalue weighted by Crippen LogP contribution is 2.38. The molecule has 7 nitrogen and oxygen atoms in total. The van der Waals surface area contributed by atoms with Crippen LogP contribution in [0.25, 0.3) is 6.08 Å². The Kier molecular flexibility index (Phi) is 6.88. The minimum atomic E-state index is -0.982. The van der Waals surface area contributed by atoms with E-state index < -0.39 is 30.4 Å². The summed E-state index contributed by atoms with van der Waals surface area (Å²) in [7, 11) is -0.687. The van der Waals surface area contributed by atoms with Crippen molar-refractivity contribution in [3.05, 3.63) is 63.3 Å². The van der Waals surface area contributed by atoms with Gasteiger partial charge in [-0.2, -0.15) is 0 Å². The van der Waals surface area contributed by atoms with Crippen molar-refractivity contribution in [3.8, 4) is 0 Å². The number of carboxylic acid groups (broad SMARTS) is 1. The summed E-state index contributed by atoms with van der Waals surface area (Å²) in [6.45, 7) is 8.06. The minimum Gasteiger partial charge on any atom is -0.477 e. The topological polar surface area (TPSA) is 94.1 Å². The van der Waals surface area contributed by atoms with Gasteiger partial charge in [0.05, 0.1) is 11.2 Å². The first-order valence-electron chi connectivity index (χ1n) is 9.90. The van der Waals surface area contributed by atoms with Gasteiger partial charge in [0.25, 0.3) is 0 Å². The molecule has 0 saturated carbocycles. The van der Waals surface area contributed by atoms with E-state index in [1.807, 2.05) is 58.0 Å². The molecule has 0 radical (unpaired) electrons. The predicted molar refractivity (Wildman–Crippen MR) is 120 cm³/mol. The van der Waals surface area contributed by atoms with E-state index in [4.69, 9.17) is 14.0 Å². The van der Waals surface area contributed by atoms with Crippen molar-refractivity contribution >= 4 is 36.6 Å². The highest BCUT2D eigenvalue weighted by atomic mass is 32.1. The molecule has 0 bridgehead atoms. The summed E-state index contributed by atoms with van der Waals surface area (Å²) in [6, 6.07) is 11.0. The number of ether oxygens (including phenoxy) is 1. The molecule has 1 aliphatic rings. The van der Waals surface area contributed by atoms with Crippen LogP contribution in [0.15, 0.2) is 47.3 Å². The second-order valence-electron chi connectivity index (χ2n) is 8.27. The zero-order valence-corrected chi connectivity index (χ0v) is 18.8. The number of aromatic carboxylic acids is 1. The number of nitrogens with one attached hydrogen (secondary N) is 1. The van der Waals surface area contributed by atoms with E-state index >= 15 is 0 Å². The van der Waals surface area contributed by atoms with Crippen molar-refractivity contribution in [3.63, 3.8) is 0 Å². The Morgan fingerprint density at radius 3 is 2.39 bits per heavy atom. The number of carbonyl (C=O) groups excluding carboxylic acids is 1. The van der Waals surface area contributed by atoms with Crippen LogP contribution in [0, 0.1) is 0 Å². The lowest BCUT2D eigenvalue weighted by Crippen LogP contribution is -2.41. The molecule has 1 saturated heterocycles. The number of rotatable bonds is 7. The van der Waals surface area contributed by atoms with Crippen molar-refractivity contribution in [2.75, 3.05) is 6.54 Å². The molecule has 31 heavy (non-hydrogen) atoms. The van der Waals surface area contributed by atoms with Crippen molar-refractivity contribution in [1.82, 2.24) is 5.32 Å². The molecule has 9 heteroatoms. The van der Waals surface area contributed by atoms with Crippen molar-refractivity contribution in [1.29, 1.82) is 0 Å². The maximum absolute atomic E-state index is 12.2. The molecule has 1 aliphatic heterocycles. The van der Waals surface area contributed by atoms with Gasteiger partial charge >= 0.3 is 19.2 Å². The van der Waals surface area contributed by atoms with Crippen LogP contribution in [0.2, 0.25) is 0 Å². The van der Waals surface area contributed by atoms with Gasteiger partial charge in [0.2, 0.25) is 0 Å². The second kappa shape index (κ2) is 9.26. The van der Waals surface area contributed by atoms with Crippen molar-refractivity contribution < 1.29 is 28.7 Å². The normalized spacial score (nSPS) is 17.4. The zero-order valence-electron chi connectivity index (χ0n) is 18.0. The van der Waals surface area contributed by atoms with Gasteiger partial charge in [0.15, 0.2) is 0 Å². The molecule has 2 aromatic rings. The summed E-state index contributed by atoms with van der Waals surface area (Å²) >= 11 is 1.13. The summed E-state index contributed by atoms with van der Waals surface area (Å²) < 4.78 is 17.5. The van der Waals surface area contributed by atoms with E-state index in [9.17, 15) is 14.7 Å². The molecular formula is C22H26BNO6S. The first-order chi connectivity index (χ1) is 14.6. The van der Waals surface area contributed by atoms with Gasteiger partial charge in [0, 0.05) is 6.54 Å². The largest absolute Gasteiger partial charge is 0.492 e. The maximum Gasteiger partial charge on any atom is 0.492 e. The average Bonchev–Trinajstić information content (AvgIpc) is 3.26. The first-order valence-corrected chi connectivity index (χ1v) is 10.8. The molecule has 1 amide bonds. The Morgan fingerprint density at radius 1 is 1.16 bits per heavy atom.